The molecule has 3 aromatic rings. The maximum absolute atomic E-state index is 12.7. The molecule has 1 N–H and O–H groups in total. The van der Waals surface area contributed by atoms with Crippen molar-refractivity contribution in [1.29, 1.82) is 0 Å². The van der Waals surface area contributed by atoms with Crippen LogP contribution in [-0.4, -0.2) is 41.7 Å². The van der Waals surface area contributed by atoms with E-state index in [-0.39, 0.29) is 23.3 Å². The summed E-state index contributed by atoms with van der Waals surface area (Å²) in [7, 11) is 0. The third-order valence-corrected chi connectivity index (χ3v) is 7.26. The van der Waals surface area contributed by atoms with Gasteiger partial charge in [-0.05, 0) is 47.5 Å². The number of nitrogens with one attached hydrogen (secondary N) is 1. The van der Waals surface area contributed by atoms with Gasteiger partial charge in [-0.1, -0.05) is 48.0 Å². The fourth-order valence-corrected chi connectivity index (χ4v) is 5.27. The predicted octanol–water partition coefficient (Wildman–Crippen LogP) is 4.68. The maximum Gasteiger partial charge on any atom is 0.251 e. The number of fused-ring (bicyclic) bond motifs is 1. The lowest BCUT2D eigenvalue weighted by molar-refractivity contribution is -0.128. The Bertz CT molecular complexity index is 1190. The summed E-state index contributed by atoms with van der Waals surface area (Å²) in [6, 6.07) is 22.4. The van der Waals surface area contributed by atoms with Crippen molar-refractivity contribution in [2.24, 2.45) is 0 Å². The van der Waals surface area contributed by atoms with Gasteiger partial charge in [0.1, 0.15) is 18.1 Å². The first-order valence-corrected chi connectivity index (χ1v) is 12.4. The number of hydrogen-bond donors (Lipinski definition) is 1. The van der Waals surface area contributed by atoms with Gasteiger partial charge >= 0.3 is 0 Å². The molecule has 0 saturated carbocycles. The van der Waals surface area contributed by atoms with Crippen molar-refractivity contribution < 1.29 is 19.1 Å². The number of carbonyl (C=O) groups excluding carboxylic acids is 2. The molecule has 174 valence electrons. The topological polar surface area (TPSA) is 67.9 Å². The predicted molar refractivity (Wildman–Crippen MR) is 132 cm³/mol. The quantitative estimate of drug-likeness (QED) is 0.538. The number of nitrogens with zero attached hydrogens (tertiary/aromatic N) is 1. The first-order valence-electron chi connectivity index (χ1n) is 11.0. The molecule has 0 spiro atoms. The summed E-state index contributed by atoms with van der Waals surface area (Å²) >= 11 is 7.57. The number of carbonyl (C=O) groups is 2. The van der Waals surface area contributed by atoms with E-state index in [4.69, 9.17) is 21.1 Å². The lowest BCUT2D eigenvalue weighted by Crippen LogP contribution is -2.40. The molecule has 2 heterocycles. The first-order chi connectivity index (χ1) is 16.6. The summed E-state index contributed by atoms with van der Waals surface area (Å²) in [4.78, 5) is 27.0. The molecule has 0 bridgehead atoms. The van der Waals surface area contributed by atoms with Crippen LogP contribution in [0, 0.1) is 0 Å². The van der Waals surface area contributed by atoms with Gasteiger partial charge in [0, 0.05) is 17.1 Å². The molecule has 1 saturated heterocycles. The molecule has 0 unspecified atom stereocenters. The minimum atomic E-state index is -0.250. The number of hydrogen-bond acceptors (Lipinski definition) is 5. The first kappa shape index (κ1) is 22.6. The molecule has 3 aromatic carbocycles. The lowest BCUT2D eigenvalue weighted by Gasteiger charge is -2.26. The Balaban J connectivity index is 1.19. The average Bonchev–Trinajstić information content (AvgIpc) is 3.23. The Kier molecular flexibility index (Phi) is 6.65. The summed E-state index contributed by atoms with van der Waals surface area (Å²) in [6.07, 6.45) is -0.250. The molecule has 2 aliphatic rings. The SMILES string of the molecule is O=C(NC[C@@H]1COc2ccccc2O1)c1ccc([C@@H]2SCC(=O)N2Cc2ccc(Cl)cc2)cc1. The molecule has 5 rings (SSSR count). The number of rotatable bonds is 6. The Labute approximate surface area is 207 Å². The van der Waals surface area contributed by atoms with E-state index in [0.717, 1.165) is 11.1 Å². The molecule has 2 amide bonds. The van der Waals surface area contributed by atoms with E-state index >= 15 is 0 Å². The Morgan fingerprint density at radius 2 is 1.76 bits per heavy atom. The van der Waals surface area contributed by atoms with Crippen LogP contribution in [0.15, 0.2) is 72.8 Å². The molecule has 0 aliphatic carbocycles. The van der Waals surface area contributed by atoms with Crippen molar-refractivity contribution in [2.75, 3.05) is 18.9 Å². The van der Waals surface area contributed by atoms with Gasteiger partial charge in [0.2, 0.25) is 5.91 Å². The molecule has 2 aliphatic heterocycles. The highest BCUT2D eigenvalue weighted by atomic mass is 35.5. The molecule has 0 aromatic heterocycles. The smallest absolute Gasteiger partial charge is 0.251 e. The molecule has 8 heteroatoms. The highest BCUT2D eigenvalue weighted by molar-refractivity contribution is 8.00. The lowest BCUT2D eigenvalue weighted by atomic mass is 10.1. The van der Waals surface area contributed by atoms with Crippen LogP contribution in [0.4, 0.5) is 0 Å². The van der Waals surface area contributed by atoms with Gasteiger partial charge < -0.3 is 19.7 Å². The zero-order valence-corrected chi connectivity index (χ0v) is 19.9. The molecular weight excluding hydrogens is 472 g/mol. The molecule has 0 radical (unpaired) electrons. The molecule has 6 nitrogen and oxygen atoms in total. The van der Waals surface area contributed by atoms with Gasteiger partial charge in [0.25, 0.3) is 5.91 Å². The van der Waals surface area contributed by atoms with Crippen molar-refractivity contribution in [3.05, 3.63) is 94.5 Å². The fourth-order valence-electron chi connectivity index (χ4n) is 3.96. The summed E-state index contributed by atoms with van der Waals surface area (Å²) in [6.45, 7) is 1.24. The van der Waals surface area contributed by atoms with E-state index in [2.05, 4.69) is 5.32 Å². The van der Waals surface area contributed by atoms with Crippen LogP contribution in [0.25, 0.3) is 0 Å². The third kappa shape index (κ3) is 5.00. The second-order valence-electron chi connectivity index (χ2n) is 8.14. The van der Waals surface area contributed by atoms with Gasteiger partial charge in [-0.15, -0.1) is 11.8 Å². The number of halogens is 1. The Morgan fingerprint density at radius 3 is 2.53 bits per heavy atom. The van der Waals surface area contributed by atoms with E-state index in [1.165, 1.54) is 0 Å². The number of ether oxygens (including phenoxy) is 2. The van der Waals surface area contributed by atoms with Crippen LogP contribution in [-0.2, 0) is 11.3 Å². The van der Waals surface area contributed by atoms with Gasteiger partial charge in [-0.2, -0.15) is 0 Å². The number of para-hydroxylation sites is 2. The largest absolute Gasteiger partial charge is 0.486 e. The van der Waals surface area contributed by atoms with Gasteiger partial charge in [-0.3, -0.25) is 9.59 Å². The molecule has 1 fully saturated rings. The summed E-state index contributed by atoms with van der Waals surface area (Å²) in [5.74, 6) is 1.76. The van der Waals surface area contributed by atoms with Crippen molar-refractivity contribution in [3.63, 3.8) is 0 Å². The summed E-state index contributed by atoms with van der Waals surface area (Å²) < 4.78 is 11.6. The van der Waals surface area contributed by atoms with Crippen LogP contribution in [0.1, 0.15) is 26.9 Å². The van der Waals surface area contributed by atoms with Crippen LogP contribution in [0.2, 0.25) is 5.02 Å². The van der Waals surface area contributed by atoms with E-state index in [9.17, 15) is 9.59 Å². The molecule has 34 heavy (non-hydrogen) atoms. The minimum Gasteiger partial charge on any atom is -0.486 e. The third-order valence-electron chi connectivity index (χ3n) is 5.75. The molecule has 2 atom stereocenters. The second-order valence-corrected chi connectivity index (χ2v) is 9.65. The monoisotopic (exact) mass is 494 g/mol. The Hall–Kier alpha value is -3.16. The maximum atomic E-state index is 12.7. The number of amides is 2. The zero-order chi connectivity index (χ0) is 23.5. The Morgan fingerprint density at radius 1 is 1.03 bits per heavy atom. The highest BCUT2D eigenvalue weighted by Crippen LogP contribution is 2.39. The van der Waals surface area contributed by atoms with E-state index in [0.29, 0.717) is 47.5 Å². The van der Waals surface area contributed by atoms with Crippen LogP contribution >= 0.6 is 23.4 Å². The van der Waals surface area contributed by atoms with E-state index in [1.54, 1.807) is 23.9 Å². The van der Waals surface area contributed by atoms with E-state index < -0.39 is 0 Å². The van der Waals surface area contributed by atoms with Crippen molar-refractivity contribution in [1.82, 2.24) is 10.2 Å². The van der Waals surface area contributed by atoms with Crippen LogP contribution in [0.3, 0.4) is 0 Å². The highest BCUT2D eigenvalue weighted by Gasteiger charge is 2.32. The normalized spacial score (nSPS) is 19.2. The number of thioether (sulfide) groups is 1. The van der Waals surface area contributed by atoms with Gasteiger partial charge in [-0.25, -0.2) is 0 Å². The number of benzene rings is 3. The minimum absolute atomic E-state index is 0.0897. The standard InChI is InChI=1S/C26H23ClN2O4S/c27-20-11-5-17(6-12-20)14-29-24(30)16-34-26(29)19-9-7-18(8-10-19)25(31)28-13-21-15-32-22-3-1-2-4-23(22)33-21/h1-12,21,26H,13-16H2,(H,28,31)/t21-,26+/m1/s1. The fraction of sp³-hybridized carbons (Fsp3) is 0.231. The molecular formula is C26H23ClN2O4S. The second kappa shape index (κ2) is 9.99. The van der Waals surface area contributed by atoms with Gasteiger partial charge in [0.05, 0.1) is 12.3 Å². The van der Waals surface area contributed by atoms with Gasteiger partial charge in [0.15, 0.2) is 11.5 Å². The van der Waals surface area contributed by atoms with Crippen LogP contribution < -0.4 is 14.8 Å². The van der Waals surface area contributed by atoms with Crippen molar-refractivity contribution >= 4 is 35.2 Å². The van der Waals surface area contributed by atoms with E-state index in [1.807, 2.05) is 65.6 Å². The zero-order valence-electron chi connectivity index (χ0n) is 18.3. The van der Waals surface area contributed by atoms with Crippen molar-refractivity contribution in [3.8, 4) is 11.5 Å². The average molecular weight is 495 g/mol. The van der Waals surface area contributed by atoms with Crippen molar-refractivity contribution in [2.45, 2.75) is 18.0 Å². The summed E-state index contributed by atoms with van der Waals surface area (Å²) in [5.41, 5.74) is 2.57. The van der Waals surface area contributed by atoms with Crippen LogP contribution in [0.5, 0.6) is 11.5 Å². The summed E-state index contributed by atoms with van der Waals surface area (Å²) in [5, 5.41) is 3.50.